The summed E-state index contributed by atoms with van der Waals surface area (Å²) in [4.78, 5) is 17.0. The first kappa shape index (κ1) is 26.4. The predicted octanol–water partition coefficient (Wildman–Crippen LogP) is 3.15. The van der Waals surface area contributed by atoms with Crippen LogP contribution < -0.4 is 5.48 Å². The smallest absolute Gasteiger partial charge is 0.267 e. The molecule has 0 aliphatic carbocycles. The highest BCUT2D eigenvalue weighted by Gasteiger charge is 2.17. The van der Waals surface area contributed by atoms with E-state index in [4.69, 9.17) is 5.21 Å². The van der Waals surface area contributed by atoms with Gasteiger partial charge in [-0.25, -0.2) is 17.9 Å². The van der Waals surface area contributed by atoms with Crippen molar-refractivity contribution < 1.29 is 23.5 Å². The van der Waals surface area contributed by atoms with Gasteiger partial charge < -0.3 is 10.1 Å². The van der Waals surface area contributed by atoms with E-state index in [2.05, 4.69) is 28.1 Å². The Kier molecular flexibility index (Phi) is 8.57. The normalized spacial score (nSPS) is 12.1. The molecule has 4 N–H and O–H groups in total. The summed E-state index contributed by atoms with van der Waals surface area (Å²) in [6.07, 6.45) is 6.78. The zero-order valence-corrected chi connectivity index (χ0v) is 21.1. The minimum absolute atomic E-state index is 0.110. The molecule has 4 rings (SSSR count). The highest BCUT2D eigenvalue weighted by atomic mass is 32.2. The molecule has 2 heterocycles. The molecule has 0 unspecified atom stereocenters. The Bertz CT molecular complexity index is 1440. The Morgan fingerprint density at radius 2 is 1.86 bits per heavy atom. The van der Waals surface area contributed by atoms with E-state index in [9.17, 15) is 18.3 Å². The molecule has 0 aliphatic heterocycles. The predicted molar refractivity (Wildman–Crippen MR) is 141 cm³/mol. The van der Waals surface area contributed by atoms with Crippen molar-refractivity contribution in [3.63, 3.8) is 0 Å². The Hall–Kier alpha value is -3.70. The molecule has 2 aromatic heterocycles. The van der Waals surface area contributed by atoms with Gasteiger partial charge >= 0.3 is 0 Å². The number of hydrogen-bond acceptors (Lipinski definition) is 6. The van der Waals surface area contributed by atoms with Crippen molar-refractivity contribution in [2.45, 2.75) is 24.3 Å². The summed E-state index contributed by atoms with van der Waals surface area (Å²) in [5, 5.41) is 19.1. The van der Waals surface area contributed by atoms with Crippen LogP contribution in [0.3, 0.4) is 0 Å². The van der Waals surface area contributed by atoms with Gasteiger partial charge in [0.05, 0.1) is 4.90 Å². The highest BCUT2D eigenvalue weighted by Crippen LogP contribution is 2.19. The maximum Gasteiger partial charge on any atom is 0.267 e. The van der Waals surface area contributed by atoms with Crippen LogP contribution in [0.1, 0.15) is 23.2 Å². The van der Waals surface area contributed by atoms with Crippen LogP contribution in [0.4, 0.5) is 0 Å². The average molecular weight is 523 g/mol. The number of hydrogen-bond donors (Lipinski definition) is 4. The van der Waals surface area contributed by atoms with Gasteiger partial charge in [0.1, 0.15) is 0 Å². The molecule has 0 fully saturated rings. The second-order valence-electron chi connectivity index (χ2n) is 8.72. The zero-order chi connectivity index (χ0) is 26.3. The van der Waals surface area contributed by atoms with Gasteiger partial charge in [0.25, 0.3) is 15.9 Å². The van der Waals surface area contributed by atoms with Gasteiger partial charge in [-0.3, -0.25) is 14.9 Å². The molecule has 10 heteroatoms. The number of aromatic amines is 1. The fourth-order valence-electron chi connectivity index (χ4n) is 4.11. The first-order valence-corrected chi connectivity index (χ1v) is 13.4. The number of carbonyl (C=O) groups excluding carboxylic acids is 1. The van der Waals surface area contributed by atoms with Gasteiger partial charge in [-0.15, -0.1) is 0 Å². The minimum Gasteiger partial charge on any atom is -0.396 e. The molecule has 9 nitrogen and oxygen atoms in total. The molecule has 0 radical (unpaired) electrons. The van der Waals surface area contributed by atoms with Crippen LogP contribution in [-0.4, -0.2) is 58.2 Å². The maximum absolute atomic E-state index is 13.0. The van der Waals surface area contributed by atoms with Gasteiger partial charge in [-0.1, -0.05) is 30.3 Å². The van der Waals surface area contributed by atoms with Crippen molar-refractivity contribution in [1.82, 2.24) is 19.3 Å². The number of para-hydroxylation sites is 1. The number of aromatic nitrogens is 2. The molecule has 1 amide bonds. The summed E-state index contributed by atoms with van der Waals surface area (Å²) in [6.45, 7) is 2.26. The van der Waals surface area contributed by atoms with Crippen LogP contribution in [0.2, 0.25) is 0 Å². The fourth-order valence-corrected chi connectivity index (χ4v) is 5.31. The highest BCUT2D eigenvalue weighted by molar-refractivity contribution is 7.90. The third kappa shape index (κ3) is 6.75. The number of rotatable bonds is 12. The lowest BCUT2D eigenvalue weighted by atomic mass is 10.2. The summed E-state index contributed by atoms with van der Waals surface area (Å²) in [7, 11) is -3.80. The van der Waals surface area contributed by atoms with E-state index >= 15 is 0 Å². The lowest BCUT2D eigenvalue weighted by molar-refractivity contribution is -0.124. The van der Waals surface area contributed by atoms with Crippen molar-refractivity contribution >= 4 is 32.9 Å². The monoisotopic (exact) mass is 522 g/mol. The molecule has 0 saturated heterocycles. The lowest BCUT2D eigenvalue weighted by Crippen LogP contribution is -2.27. The second-order valence-corrected chi connectivity index (χ2v) is 10.6. The molecule has 0 aliphatic rings. The minimum atomic E-state index is -3.80. The number of benzene rings is 2. The molecular weight excluding hydrogens is 492 g/mol. The van der Waals surface area contributed by atoms with Gasteiger partial charge in [0, 0.05) is 62.3 Å². The topological polar surface area (TPSA) is 128 Å². The first-order chi connectivity index (χ1) is 17.9. The van der Waals surface area contributed by atoms with Crippen molar-refractivity contribution in [2.75, 3.05) is 19.7 Å². The second kappa shape index (κ2) is 12.0. The molecule has 4 aromatic rings. The number of aliphatic hydroxyl groups is 1. The van der Waals surface area contributed by atoms with E-state index in [1.165, 1.54) is 29.3 Å². The number of carbonyl (C=O) groups is 1. The van der Waals surface area contributed by atoms with Crippen LogP contribution in [0.25, 0.3) is 17.0 Å². The van der Waals surface area contributed by atoms with Gasteiger partial charge in [0.2, 0.25) is 0 Å². The molecule has 0 spiro atoms. The Morgan fingerprint density at radius 3 is 2.59 bits per heavy atom. The van der Waals surface area contributed by atoms with E-state index in [0.717, 1.165) is 46.3 Å². The third-order valence-corrected chi connectivity index (χ3v) is 7.70. The third-order valence-electron chi connectivity index (χ3n) is 6.05. The lowest BCUT2D eigenvalue weighted by Gasteiger charge is -2.22. The summed E-state index contributed by atoms with van der Waals surface area (Å²) < 4.78 is 27.1. The molecule has 0 atom stereocenters. The molecule has 2 aromatic carbocycles. The first-order valence-electron chi connectivity index (χ1n) is 11.9. The molecule has 194 valence electrons. The number of aliphatic hydroxyl groups excluding tert-OH is 1. The Labute approximate surface area is 215 Å². The number of nitrogens with one attached hydrogen (secondary N) is 2. The standard InChI is InChI=1S/C27H30N4O5S/c32-17-3-14-30(15-13-24-18-23-4-1-2-5-26(23)28-24)19-21-6-9-25(10-7-21)37(35,36)31-16-12-22(20-31)8-11-27(33)29-34/h1-2,4-12,16,18,20,28,32,34H,3,13-15,17,19H2,(H,29,33)/b11-8+. The molecule has 37 heavy (non-hydrogen) atoms. The summed E-state index contributed by atoms with van der Waals surface area (Å²) >= 11 is 0. The van der Waals surface area contributed by atoms with Crippen molar-refractivity contribution in [1.29, 1.82) is 0 Å². The van der Waals surface area contributed by atoms with Gasteiger partial charge in [-0.2, -0.15) is 0 Å². The summed E-state index contributed by atoms with van der Waals surface area (Å²) in [5.74, 6) is -0.708. The largest absolute Gasteiger partial charge is 0.396 e. The van der Waals surface area contributed by atoms with Crippen LogP contribution in [-0.2, 0) is 27.8 Å². The fraction of sp³-hybridized carbons (Fsp3) is 0.222. The number of nitrogens with zero attached hydrogens (tertiary/aromatic N) is 2. The number of amides is 1. The van der Waals surface area contributed by atoms with Crippen LogP contribution in [0.5, 0.6) is 0 Å². The zero-order valence-electron chi connectivity index (χ0n) is 20.2. The van der Waals surface area contributed by atoms with Crippen molar-refractivity contribution in [3.05, 3.63) is 96.0 Å². The van der Waals surface area contributed by atoms with Crippen molar-refractivity contribution in [3.8, 4) is 0 Å². The van der Waals surface area contributed by atoms with Crippen LogP contribution in [0.15, 0.2) is 84.0 Å². The number of H-pyrrole nitrogens is 1. The van der Waals surface area contributed by atoms with E-state index in [0.29, 0.717) is 18.5 Å². The van der Waals surface area contributed by atoms with Gasteiger partial charge in [-0.05, 0) is 59.3 Å². The van der Waals surface area contributed by atoms with E-state index in [1.54, 1.807) is 30.3 Å². The van der Waals surface area contributed by atoms with Crippen LogP contribution in [0, 0.1) is 0 Å². The summed E-state index contributed by atoms with van der Waals surface area (Å²) in [5.41, 5.74) is 5.21. The van der Waals surface area contributed by atoms with E-state index in [-0.39, 0.29) is 11.5 Å². The summed E-state index contributed by atoms with van der Waals surface area (Å²) in [6, 6.07) is 18.6. The molecular formula is C27H30N4O5S. The van der Waals surface area contributed by atoms with Crippen molar-refractivity contribution in [2.24, 2.45) is 0 Å². The number of fused-ring (bicyclic) bond motifs is 1. The average Bonchev–Trinajstić information content (AvgIpc) is 3.56. The number of hydroxylamine groups is 1. The van der Waals surface area contributed by atoms with E-state index < -0.39 is 15.9 Å². The molecule has 0 saturated carbocycles. The van der Waals surface area contributed by atoms with E-state index in [1.807, 2.05) is 12.1 Å². The SMILES string of the molecule is O=C(/C=C/c1ccn(S(=O)(=O)c2ccc(CN(CCCO)CCc3cc4ccccc4[nH]3)cc2)c1)NO. The van der Waals surface area contributed by atoms with Gasteiger partial charge in [0.15, 0.2) is 0 Å². The Morgan fingerprint density at radius 1 is 1.08 bits per heavy atom. The quantitative estimate of drug-likeness (QED) is 0.129. The Balaban J connectivity index is 1.42. The maximum atomic E-state index is 13.0. The van der Waals surface area contributed by atoms with Crippen LogP contribution >= 0.6 is 0 Å². The molecule has 0 bridgehead atoms.